The summed E-state index contributed by atoms with van der Waals surface area (Å²) in [5.41, 5.74) is 8.00. The Morgan fingerprint density at radius 3 is 2.90 bits per heavy atom. The summed E-state index contributed by atoms with van der Waals surface area (Å²) in [6.07, 6.45) is 4.46. The van der Waals surface area contributed by atoms with Crippen LogP contribution in [0.25, 0.3) is 0 Å². The van der Waals surface area contributed by atoms with E-state index in [1.165, 1.54) is 0 Å². The average molecular weight is 278 g/mol. The van der Waals surface area contributed by atoms with Crippen LogP contribution in [0.2, 0.25) is 0 Å². The molecule has 2 rings (SSSR count). The zero-order valence-electron chi connectivity index (χ0n) is 12.8. The van der Waals surface area contributed by atoms with Crippen molar-refractivity contribution in [1.82, 2.24) is 4.98 Å². The van der Waals surface area contributed by atoms with Crippen LogP contribution in [0.15, 0.2) is 12.1 Å². The number of rotatable bonds is 6. The summed E-state index contributed by atoms with van der Waals surface area (Å²) in [5.74, 6) is 0.850. The molecule has 0 aromatic carbocycles. The largest absolute Gasteiger partial charge is 0.489 e. The topological polar surface area (TPSA) is 57.4 Å². The van der Waals surface area contributed by atoms with E-state index in [9.17, 15) is 0 Å². The van der Waals surface area contributed by atoms with E-state index >= 15 is 0 Å². The summed E-state index contributed by atoms with van der Waals surface area (Å²) < 4.78 is 11.7. The van der Waals surface area contributed by atoms with Gasteiger partial charge in [0.05, 0.1) is 17.9 Å². The molecule has 3 unspecified atom stereocenters. The van der Waals surface area contributed by atoms with Gasteiger partial charge in [0.1, 0.15) is 12.4 Å². The molecule has 112 valence electrons. The highest BCUT2D eigenvalue weighted by atomic mass is 16.5. The van der Waals surface area contributed by atoms with Crippen molar-refractivity contribution >= 4 is 0 Å². The van der Waals surface area contributed by atoms with Crippen molar-refractivity contribution in [3.05, 3.63) is 23.5 Å². The highest BCUT2D eigenvalue weighted by Gasteiger charge is 2.22. The van der Waals surface area contributed by atoms with Gasteiger partial charge in [-0.2, -0.15) is 0 Å². The first-order valence-electron chi connectivity index (χ1n) is 7.58. The van der Waals surface area contributed by atoms with E-state index in [0.717, 1.165) is 42.8 Å². The van der Waals surface area contributed by atoms with Crippen molar-refractivity contribution < 1.29 is 9.47 Å². The normalized spacial score (nSPS) is 23.8. The molecule has 0 aliphatic carbocycles. The Morgan fingerprint density at radius 2 is 2.25 bits per heavy atom. The van der Waals surface area contributed by atoms with Crippen LogP contribution in [0.1, 0.15) is 44.5 Å². The second-order valence-corrected chi connectivity index (χ2v) is 5.73. The van der Waals surface area contributed by atoms with Gasteiger partial charge in [0.25, 0.3) is 0 Å². The number of hydrogen-bond acceptors (Lipinski definition) is 4. The number of ether oxygens (including phenoxy) is 2. The summed E-state index contributed by atoms with van der Waals surface area (Å²) in [6.45, 7) is 6.80. The van der Waals surface area contributed by atoms with Gasteiger partial charge >= 0.3 is 0 Å². The predicted molar refractivity (Wildman–Crippen MR) is 80.0 cm³/mol. The fourth-order valence-electron chi connectivity index (χ4n) is 2.46. The maximum absolute atomic E-state index is 6.04. The zero-order valence-corrected chi connectivity index (χ0v) is 12.8. The first-order chi connectivity index (χ1) is 9.58. The smallest absolute Gasteiger partial charge is 0.141 e. The molecule has 0 bridgehead atoms. The summed E-state index contributed by atoms with van der Waals surface area (Å²) in [7, 11) is 0. The molecule has 0 saturated carbocycles. The van der Waals surface area contributed by atoms with Gasteiger partial charge in [0.15, 0.2) is 0 Å². The minimum atomic E-state index is 0.134. The van der Waals surface area contributed by atoms with Crippen molar-refractivity contribution in [1.29, 1.82) is 0 Å². The molecule has 1 aliphatic heterocycles. The second kappa shape index (κ2) is 7.04. The van der Waals surface area contributed by atoms with Gasteiger partial charge in [0.2, 0.25) is 0 Å². The second-order valence-electron chi connectivity index (χ2n) is 5.73. The number of aromatic nitrogens is 1. The molecule has 0 radical (unpaired) electrons. The molecule has 1 aromatic rings. The Bertz CT molecular complexity index is 436. The van der Waals surface area contributed by atoms with E-state index in [2.05, 4.69) is 18.8 Å². The highest BCUT2D eigenvalue weighted by molar-refractivity contribution is 5.30. The maximum atomic E-state index is 6.04. The molecular formula is C16H26N2O2. The molecule has 3 atom stereocenters. The molecular weight excluding hydrogens is 252 g/mol. The first-order valence-corrected chi connectivity index (χ1v) is 7.58. The lowest BCUT2D eigenvalue weighted by Crippen LogP contribution is -2.23. The predicted octanol–water partition coefficient (Wildman–Crippen LogP) is 2.62. The summed E-state index contributed by atoms with van der Waals surface area (Å²) in [4.78, 5) is 4.58. The third-order valence-corrected chi connectivity index (χ3v) is 3.80. The van der Waals surface area contributed by atoms with Crippen LogP contribution < -0.4 is 10.5 Å². The summed E-state index contributed by atoms with van der Waals surface area (Å²) >= 11 is 0. The minimum Gasteiger partial charge on any atom is -0.489 e. The number of aryl methyl sites for hydroxylation is 1. The Morgan fingerprint density at radius 1 is 1.45 bits per heavy atom. The van der Waals surface area contributed by atoms with Crippen LogP contribution in [0, 0.1) is 6.92 Å². The standard InChI is InChI=1S/C16H26N2O2/c1-4-13(17)9-15-16(8-5-11(2)18-15)19-10-14-7-6-12(3)20-14/h5,8,12-14H,4,6-7,9-10,17H2,1-3H3. The maximum Gasteiger partial charge on any atom is 0.141 e. The number of nitrogens with two attached hydrogens (primary N) is 1. The Labute approximate surface area is 121 Å². The number of pyridine rings is 1. The van der Waals surface area contributed by atoms with E-state index < -0.39 is 0 Å². The Balaban J connectivity index is 1.98. The van der Waals surface area contributed by atoms with Crippen LogP contribution in [0.3, 0.4) is 0 Å². The lowest BCUT2D eigenvalue weighted by molar-refractivity contribution is 0.0261. The number of nitrogens with zero attached hydrogens (tertiary/aromatic N) is 1. The Hall–Kier alpha value is -1.13. The summed E-state index contributed by atoms with van der Waals surface area (Å²) in [5, 5.41) is 0. The fraction of sp³-hybridized carbons (Fsp3) is 0.688. The lowest BCUT2D eigenvalue weighted by atomic mass is 10.1. The van der Waals surface area contributed by atoms with Gasteiger partial charge in [-0.15, -0.1) is 0 Å². The molecule has 1 saturated heterocycles. The van der Waals surface area contributed by atoms with Crippen molar-refractivity contribution in [2.24, 2.45) is 5.73 Å². The molecule has 2 N–H and O–H groups in total. The molecule has 4 heteroatoms. The molecule has 1 fully saturated rings. The third kappa shape index (κ3) is 4.18. The van der Waals surface area contributed by atoms with Crippen molar-refractivity contribution in [3.63, 3.8) is 0 Å². The number of hydrogen-bond donors (Lipinski definition) is 1. The van der Waals surface area contributed by atoms with Crippen molar-refractivity contribution in [2.45, 2.75) is 64.7 Å². The molecule has 0 amide bonds. The molecule has 1 aromatic heterocycles. The van der Waals surface area contributed by atoms with E-state index in [0.29, 0.717) is 12.7 Å². The highest BCUT2D eigenvalue weighted by Crippen LogP contribution is 2.23. The van der Waals surface area contributed by atoms with Gasteiger partial charge in [-0.05, 0) is 45.2 Å². The van der Waals surface area contributed by atoms with Crippen LogP contribution in [-0.2, 0) is 11.2 Å². The van der Waals surface area contributed by atoms with Crippen LogP contribution >= 0.6 is 0 Å². The van der Waals surface area contributed by atoms with E-state index in [-0.39, 0.29) is 12.1 Å². The first kappa shape index (κ1) is 15.3. The molecule has 0 spiro atoms. The van der Waals surface area contributed by atoms with Crippen LogP contribution in [0.5, 0.6) is 5.75 Å². The summed E-state index contributed by atoms with van der Waals surface area (Å²) in [6, 6.07) is 4.11. The molecule has 4 nitrogen and oxygen atoms in total. The molecule has 20 heavy (non-hydrogen) atoms. The van der Waals surface area contributed by atoms with Gasteiger partial charge in [-0.3, -0.25) is 4.98 Å². The van der Waals surface area contributed by atoms with Gasteiger partial charge in [-0.1, -0.05) is 6.92 Å². The van der Waals surface area contributed by atoms with Gasteiger partial charge < -0.3 is 15.2 Å². The molecule has 2 heterocycles. The third-order valence-electron chi connectivity index (χ3n) is 3.80. The quantitative estimate of drug-likeness (QED) is 0.869. The van der Waals surface area contributed by atoms with Crippen LogP contribution in [-0.4, -0.2) is 29.8 Å². The van der Waals surface area contributed by atoms with Gasteiger partial charge in [-0.25, -0.2) is 0 Å². The zero-order chi connectivity index (χ0) is 14.5. The molecule has 1 aliphatic rings. The Kier molecular flexibility index (Phi) is 5.38. The lowest BCUT2D eigenvalue weighted by Gasteiger charge is -2.16. The van der Waals surface area contributed by atoms with E-state index in [4.69, 9.17) is 15.2 Å². The van der Waals surface area contributed by atoms with Crippen molar-refractivity contribution in [2.75, 3.05) is 6.61 Å². The van der Waals surface area contributed by atoms with E-state index in [1.54, 1.807) is 0 Å². The fourth-order valence-corrected chi connectivity index (χ4v) is 2.46. The van der Waals surface area contributed by atoms with Crippen LogP contribution in [0.4, 0.5) is 0 Å². The van der Waals surface area contributed by atoms with Crippen molar-refractivity contribution in [3.8, 4) is 5.75 Å². The SMILES string of the molecule is CCC(N)Cc1nc(C)ccc1OCC1CCC(C)O1. The van der Waals surface area contributed by atoms with Gasteiger partial charge in [0, 0.05) is 18.2 Å². The average Bonchev–Trinajstić information content (AvgIpc) is 2.83. The van der Waals surface area contributed by atoms with E-state index in [1.807, 2.05) is 19.1 Å². The minimum absolute atomic E-state index is 0.134. The monoisotopic (exact) mass is 278 g/mol.